The van der Waals surface area contributed by atoms with E-state index in [0.717, 1.165) is 10.4 Å². The summed E-state index contributed by atoms with van der Waals surface area (Å²) in [4.78, 5) is 12.6. The van der Waals surface area contributed by atoms with E-state index >= 15 is 0 Å². The van der Waals surface area contributed by atoms with Gasteiger partial charge in [0.25, 0.3) is 0 Å². The van der Waals surface area contributed by atoms with Crippen LogP contribution in [0.25, 0.3) is 0 Å². The molecule has 0 saturated carbocycles. The number of halogens is 3. The van der Waals surface area contributed by atoms with E-state index in [1.807, 2.05) is 0 Å². The number of methoxy groups -OCH3 is 2. The van der Waals surface area contributed by atoms with E-state index in [1.165, 1.54) is 44.6 Å². The molecule has 3 rings (SSSR count). The van der Waals surface area contributed by atoms with Crippen LogP contribution < -0.4 is 14.8 Å². The van der Waals surface area contributed by atoms with Crippen LogP contribution in [0.4, 0.5) is 18.9 Å². The molecule has 1 amide bonds. The fourth-order valence-corrected chi connectivity index (χ4v) is 5.27. The van der Waals surface area contributed by atoms with Gasteiger partial charge in [-0.3, -0.25) is 4.79 Å². The highest BCUT2D eigenvalue weighted by Gasteiger charge is 2.37. The number of ether oxygens (including phenoxy) is 2. The standard InChI is InChI=1S/C21H23F3N2O5S/c1-30-15-9-10-18(31-2)19(12-15)32(28,29)26-11-5-6-14(13-26)20(27)25-17-8-4-3-7-16(17)21(22,23)24/h3-4,7-10,12,14H,5-6,11,13H2,1-2H3,(H,25,27)/t14-/m1/s1. The third-order valence-corrected chi connectivity index (χ3v) is 7.12. The van der Waals surface area contributed by atoms with Crippen molar-refractivity contribution in [2.45, 2.75) is 23.9 Å². The maximum atomic E-state index is 13.3. The number of carbonyl (C=O) groups excluding carboxylic acids is 1. The summed E-state index contributed by atoms with van der Waals surface area (Å²) in [6, 6.07) is 9.02. The third-order valence-electron chi connectivity index (χ3n) is 5.23. The molecule has 1 fully saturated rings. The largest absolute Gasteiger partial charge is 0.497 e. The molecule has 0 aromatic heterocycles. The molecular formula is C21H23F3N2O5S. The number of sulfonamides is 1. The fraction of sp³-hybridized carbons (Fsp3) is 0.381. The predicted molar refractivity (Wildman–Crippen MR) is 111 cm³/mol. The maximum absolute atomic E-state index is 13.3. The number of hydrogen-bond acceptors (Lipinski definition) is 5. The lowest BCUT2D eigenvalue weighted by Crippen LogP contribution is -2.43. The van der Waals surface area contributed by atoms with Gasteiger partial charge >= 0.3 is 6.18 Å². The zero-order chi connectivity index (χ0) is 23.5. The van der Waals surface area contributed by atoms with E-state index in [4.69, 9.17) is 9.47 Å². The van der Waals surface area contributed by atoms with Gasteiger partial charge in [0.1, 0.15) is 16.4 Å². The first-order chi connectivity index (χ1) is 15.1. The molecular weight excluding hydrogens is 449 g/mol. The molecule has 7 nitrogen and oxygen atoms in total. The average Bonchev–Trinajstić information content (AvgIpc) is 2.78. The number of amides is 1. The molecule has 174 valence electrons. The van der Waals surface area contributed by atoms with Crippen LogP contribution in [0.5, 0.6) is 11.5 Å². The van der Waals surface area contributed by atoms with E-state index in [0.29, 0.717) is 18.6 Å². The summed E-state index contributed by atoms with van der Waals surface area (Å²) in [5.74, 6) is -1.04. The Kier molecular flexibility index (Phi) is 6.99. The fourth-order valence-electron chi connectivity index (χ4n) is 3.57. The minimum atomic E-state index is -4.63. The van der Waals surface area contributed by atoms with Gasteiger partial charge in [-0.25, -0.2) is 8.42 Å². The number of benzene rings is 2. The van der Waals surface area contributed by atoms with Crippen molar-refractivity contribution >= 4 is 21.6 Å². The number of nitrogens with one attached hydrogen (secondary N) is 1. The van der Waals surface area contributed by atoms with Crippen molar-refractivity contribution in [3.63, 3.8) is 0 Å². The molecule has 0 unspecified atom stereocenters. The number of anilines is 1. The first kappa shape index (κ1) is 23.9. The van der Waals surface area contributed by atoms with Gasteiger partial charge in [-0.1, -0.05) is 12.1 Å². The van der Waals surface area contributed by atoms with Crippen molar-refractivity contribution in [2.24, 2.45) is 5.92 Å². The van der Waals surface area contributed by atoms with Crippen molar-refractivity contribution in [2.75, 3.05) is 32.6 Å². The number of nitrogens with zero attached hydrogens (tertiary/aromatic N) is 1. The number of alkyl halides is 3. The van der Waals surface area contributed by atoms with Gasteiger partial charge in [-0.15, -0.1) is 0 Å². The number of rotatable bonds is 6. The van der Waals surface area contributed by atoms with Crippen molar-refractivity contribution in [1.29, 1.82) is 0 Å². The number of piperidine rings is 1. The lowest BCUT2D eigenvalue weighted by molar-refractivity contribution is -0.137. The molecule has 1 aliphatic heterocycles. The second-order valence-corrected chi connectivity index (χ2v) is 9.16. The molecule has 2 aromatic rings. The quantitative estimate of drug-likeness (QED) is 0.692. The lowest BCUT2D eigenvalue weighted by atomic mass is 9.98. The van der Waals surface area contributed by atoms with Gasteiger partial charge < -0.3 is 14.8 Å². The second-order valence-electron chi connectivity index (χ2n) is 7.25. The Labute approximate surface area is 184 Å². The van der Waals surface area contributed by atoms with Crippen LogP contribution in [0.2, 0.25) is 0 Å². The van der Waals surface area contributed by atoms with Crippen LogP contribution in [0, 0.1) is 5.92 Å². The van der Waals surface area contributed by atoms with E-state index in [9.17, 15) is 26.4 Å². The van der Waals surface area contributed by atoms with Crippen LogP contribution in [-0.2, 0) is 21.0 Å². The summed E-state index contributed by atoms with van der Waals surface area (Å²) in [5, 5.41) is 2.31. The number of hydrogen-bond donors (Lipinski definition) is 1. The number of para-hydroxylation sites is 1. The molecule has 1 aliphatic rings. The minimum absolute atomic E-state index is 0.108. The molecule has 32 heavy (non-hydrogen) atoms. The Morgan fingerprint density at radius 3 is 2.50 bits per heavy atom. The van der Waals surface area contributed by atoms with Gasteiger partial charge in [-0.05, 0) is 37.1 Å². The summed E-state index contributed by atoms with van der Waals surface area (Å²) >= 11 is 0. The van der Waals surface area contributed by atoms with E-state index < -0.39 is 33.6 Å². The van der Waals surface area contributed by atoms with Gasteiger partial charge in [0.15, 0.2) is 0 Å². The van der Waals surface area contributed by atoms with Crippen molar-refractivity contribution in [3.05, 3.63) is 48.0 Å². The van der Waals surface area contributed by atoms with Crippen LogP contribution in [0.3, 0.4) is 0 Å². The van der Waals surface area contributed by atoms with Crippen LogP contribution in [0.15, 0.2) is 47.4 Å². The van der Waals surface area contributed by atoms with E-state index in [2.05, 4.69) is 5.32 Å². The van der Waals surface area contributed by atoms with Crippen molar-refractivity contribution in [3.8, 4) is 11.5 Å². The van der Waals surface area contributed by atoms with Crippen LogP contribution in [0.1, 0.15) is 18.4 Å². The second kappa shape index (κ2) is 9.37. The Balaban J connectivity index is 1.82. The molecule has 1 saturated heterocycles. The lowest BCUT2D eigenvalue weighted by Gasteiger charge is -2.31. The summed E-state index contributed by atoms with van der Waals surface area (Å²) in [6.07, 6.45) is -3.90. The summed E-state index contributed by atoms with van der Waals surface area (Å²) < 4.78 is 77.6. The topological polar surface area (TPSA) is 84.9 Å². The molecule has 0 radical (unpaired) electrons. The predicted octanol–water partition coefficient (Wildman–Crippen LogP) is 3.76. The monoisotopic (exact) mass is 472 g/mol. The Hall–Kier alpha value is -2.79. The first-order valence-electron chi connectivity index (χ1n) is 9.77. The van der Waals surface area contributed by atoms with Gasteiger partial charge in [0.05, 0.1) is 31.4 Å². The van der Waals surface area contributed by atoms with Crippen molar-refractivity contribution in [1.82, 2.24) is 4.31 Å². The van der Waals surface area contributed by atoms with Gasteiger partial charge in [-0.2, -0.15) is 17.5 Å². The molecule has 0 spiro atoms. The van der Waals surface area contributed by atoms with Crippen molar-refractivity contribution < 1.29 is 35.9 Å². The van der Waals surface area contributed by atoms with Gasteiger partial charge in [0.2, 0.25) is 15.9 Å². The normalized spacial score (nSPS) is 17.6. The zero-order valence-corrected chi connectivity index (χ0v) is 18.3. The Morgan fingerprint density at radius 1 is 1.12 bits per heavy atom. The molecule has 0 aliphatic carbocycles. The van der Waals surface area contributed by atoms with E-state index in [1.54, 1.807) is 6.07 Å². The summed E-state index contributed by atoms with van der Waals surface area (Å²) in [7, 11) is -1.30. The Morgan fingerprint density at radius 2 is 1.84 bits per heavy atom. The highest BCUT2D eigenvalue weighted by atomic mass is 32.2. The molecule has 11 heteroatoms. The zero-order valence-electron chi connectivity index (χ0n) is 17.5. The summed E-state index contributed by atoms with van der Waals surface area (Å²) in [5.41, 5.74) is -1.32. The molecule has 1 atom stereocenters. The van der Waals surface area contributed by atoms with E-state index in [-0.39, 0.29) is 29.4 Å². The smallest absolute Gasteiger partial charge is 0.418 e. The molecule has 1 N–H and O–H groups in total. The molecule has 1 heterocycles. The van der Waals surface area contributed by atoms with Crippen LogP contribution >= 0.6 is 0 Å². The molecule has 0 bridgehead atoms. The Bertz CT molecular complexity index is 1090. The highest BCUT2D eigenvalue weighted by molar-refractivity contribution is 7.89. The summed E-state index contributed by atoms with van der Waals surface area (Å²) in [6.45, 7) is 0.00826. The first-order valence-corrected chi connectivity index (χ1v) is 11.2. The molecule has 2 aromatic carbocycles. The number of carbonyl (C=O) groups is 1. The highest BCUT2D eigenvalue weighted by Crippen LogP contribution is 2.36. The minimum Gasteiger partial charge on any atom is -0.497 e. The SMILES string of the molecule is COc1ccc(OC)c(S(=O)(=O)N2CCC[C@@H](C(=O)Nc3ccccc3C(F)(F)F)C2)c1. The third kappa shape index (κ3) is 4.99. The maximum Gasteiger partial charge on any atom is 0.418 e. The average molecular weight is 472 g/mol. The van der Waals surface area contributed by atoms with Gasteiger partial charge in [0, 0.05) is 19.2 Å². The van der Waals surface area contributed by atoms with Crippen LogP contribution in [-0.4, -0.2) is 45.9 Å².